The van der Waals surface area contributed by atoms with Gasteiger partial charge in [-0.3, -0.25) is 4.79 Å². The van der Waals surface area contributed by atoms with Gasteiger partial charge < -0.3 is 9.72 Å². The van der Waals surface area contributed by atoms with E-state index < -0.39 is 0 Å². The Labute approximate surface area is 175 Å². The van der Waals surface area contributed by atoms with Crippen molar-refractivity contribution < 1.29 is 4.79 Å². The van der Waals surface area contributed by atoms with Crippen molar-refractivity contribution in [1.82, 2.24) is 19.2 Å². The van der Waals surface area contributed by atoms with Crippen LogP contribution in [0.2, 0.25) is 0 Å². The molecule has 0 aliphatic heterocycles. The molecule has 1 fully saturated rings. The van der Waals surface area contributed by atoms with E-state index in [1.807, 2.05) is 70.9 Å². The van der Waals surface area contributed by atoms with Gasteiger partial charge in [0.15, 0.2) is 0 Å². The van der Waals surface area contributed by atoms with Crippen LogP contribution in [0.3, 0.4) is 0 Å². The average Bonchev–Trinajstić information content (AvgIpc) is 3.34. The summed E-state index contributed by atoms with van der Waals surface area (Å²) in [5.74, 6) is 0.552. The minimum Gasteiger partial charge on any atom is -0.326 e. The van der Waals surface area contributed by atoms with Crippen LogP contribution in [0.1, 0.15) is 35.8 Å². The van der Waals surface area contributed by atoms with Crippen LogP contribution in [0.5, 0.6) is 0 Å². The molecule has 0 radical (unpaired) electrons. The molecule has 1 saturated carbocycles. The van der Waals surface area contributed by atoms with Crippen LogP contribution in [0.4, 0.5) is 5.69 Å². The van der Waals surface area contributed by atoms with E-state index in [9.17, 15) is 4.79 Å². The summed E-state index contributed by atoms with van der Waals surface area (Å²) in [5, 5.41) is 7.58. The Bertz CT molecular complexity index is 1120. The second kappa shape index (κ2) is 7.72. The van der Waals surface area contributed by atoms with Gasteiger partial charge in [0, 0.05) is 29.7 Å². The van der Waals surface area contributed by atoms with Crippen molar-refractivity contribution in [2.24, 2.45) is 0 Å². The van der Waals surface area contributed by atoms with Crippen molar-refractivity contribution in [2.45, 2.75) is 32.1 Å². The van der Waals surface area contributed by atoms with Crippen molar-refractivity contribution >= 4 is 29.6 Å². The zero-order valence-electron chi connectivity index (χ0n) is 16.1. The summed E-state index contributed by atoms with van der Waals surface area (Å²) in [7, 11) is 0. The summed E-state index contributed by atoms with van der Waals surface area (Å²) in [6, 6.07) is 15.8. The number of halogens is 1. The number of imidazole rings is 1. The van der Waals surface area contributed by atoms with Gasteiger partial charge >= 0.3 is 0 Å². The molecule has 7 heteroatoms. The van der Waals surface area contributed by atoms with E-state index in [1.54, 1.807) is 0 Å². The fourth-order valence-corrected chi connectivity index (χ4v) is 3.52. The lowest BCUT2D eigenvalue weighted by molar-refractivity contribution is -0.115. The Kier molecular flexibility index (Phi) is 5.11. The number of pyridine rings is 1. The maximum atomic E-state index is 12.4. The summed E-state index contributed by atoms with van der Waals surface area (Å²) in [5.41, 5.74) is 5.70. The van der Waals surface area contributed by atoms with Crippen LogP contribution in [0.25, 0.3) is 11.3 Å². The Morgan fingerprint density at radius 2 is 1.97 bits per heavy atom. The van der Waals surface area contributed by atoms with Gasteiger partial charge in [-0.1, -0.05) is 6.07 Å². The highest BCUT2D eigenvalue weighted by atomic mass is 35.5. The molecule has 0 atom stereocenters. The van der Waals surface area contributed by atoms with Crippen molar-refractivity contribution in [1.29, 1.82) is 0 Å². The molecule has 3 aromatic heterocycles. The predicted molar refractivity (Wildman–Crippen MR) is 115 cm³/mol. The Morgan fingerprint density at radius 3 is 2.69 bits per heavy atom. The van der Waals surface area contributed by atoms with Gasteiger partial charge in [0.25, 0.3) is 0 Å². The third kappa shape index (κ3) is 4.03. The number of nitrogens with one attached hydrogen (secondary N) is 1. The number of anilines is 1. The number of aromatic nitrogens is 4. The highest BCUT2D eigenvalue weighted by Crippen LogP contribution is 2.41. The van der Waals surface area contributed by atoms with E-state index in [0.29, 0.717) is 5.92 Å². The molecule has 4 aromatic rings. The Morgan fingerprint density at radius 1 is 1.17 bits per heavy atom. The van der Waals surface area contributed by atoms with Crippen molar-refractivity contribution in [2.75, 3.05) is 5.32 Å². The second-order valence-electron chi connectivity index (χ2n) is 7.37. The molecule has 1 amide bonds. The minimum atomic E-state index is -0.0789. The SMILES string of the molecule is Cc1cc(C2CC2)n(-c2ccc(NC(=O)Cc3cn4ccccc4n3)cc2)n1.Cl. The van der Waals surface area contributed by atoms with Crippen molar-refractivity contribution in [3.63, 3.8) is 0 Å². The average molecular weight is 408 g/mol. The van der Waals surface area contributed by atoms with Gasteiger partial charge in [0.2, 0.25) is 5.91 Å². The van der Waals surface area contributed by atoms with Crippen LogP contribution in [-0.2, 0) is 11.2 Å². The molecule has 29 heavy (non-hydrogen) atoms. The lowest BCUT2D eigenvalue weighted by atomic mass is 10.2. The predicted octanol–water partition coefficient (Wildman–Crippen LogP) is 4.31. The van der Waals surface area contributed by atoms with Gasteiger partial charge in [0.1, 0.15) is 5.65 Å². The van der Waals surface area contributed by atoms with E-state index in [0.717, 1.165) is 28.4 Å². The summed E-state index contributed by atoms with van der Waals surface area (Å²) in [6.45, 7) is 2.02. The van der Waals surface area contributed by atoms with Crippen molar-refractivity contribution in [3.8, 4) is 5.69 Å². The number of fused-ring (bicyclic) bond motifs is 1. The lowest BCUT2D eigenvalue weighted by Crippen LogP contribution is -2.14. The molecule has 6 nitrogen and oxygen atoms in total. The van der Waals surface area contributed by atoms with E-state index in [-0.39, 0.29) is 24.7 Å². The highest BCUT2D eigenvalue weighted by molar-refractivity contribution is 5.92. The molecular formula is C22H22ClN5O. The zero-order valence-corrected chi connectivity index (χ0v) is 16.9. The van der Waals surface area contributed by atoms with Gasteiger partial charge in [0.05, 0.1) is 23.5 Å². The Hall–Kier alpha value is -3.12. The molecule has 0 unspecified atom stereocenters. The van der Waals surface area contributed by atoms with E-state index in [1.165, 1.54) is 18.5 Å². The molecule has 3 heterocycles. The number of rotatable bonds is 5. The number of amides is 1. The quantitative estimate of drug-likeness (QED) is 0.536. The third-order valence-corrected chi connectivity index (χ3v) is 5.01. The molecule has 1 aliphatic rings. The summed E-state index contributed by atoms with van der Waals surface area (Å²) in [4.78, 5) is 16.9. The minimum absolute atomic E-state index is 0. The van der Waals surface area contributed by atoms with E-state index in [4.69, 9.17) is 0 Å². The molecule has 1 N–H and O–H groups in total. The molecule has 1 aromatic carbocycles. The van der Waals surface area contributed by atoms with Crippen LogP contribution in [0.15, 0.2) is 60.9 Å². The number of nitrogens with zero attached hydrogens (tertiary/aromatic N) is 4. The number of aryl methyl sites for hydroxylation is 1. The fraction of sp³-hybridized carbons (Fsp3) is 0.227. The standard InChI is InChI=1S/C22H21N5O.ClH/c1-15-12-20(16-5-6-16)27(25-15)19-9-7-17(8-10-19)24-22(28)13-18-14-26-11-3-2-4-21(26)23-18;/h2-4,7-12,14,16H,5-6,13H2,1H3,(H,24,28);1H. The van der Waals surface area contributed by atoms with Gasteiger partial charge in [-0.2, -0.15) is 5.10 Å². The lowest BCUT2D eigenvalue weighted by Gasteiger charge is -2.09. The van der Waals surface area contributed by atoms with Gasteiger partial charge in [-0.05, 0) is 62.2 Å². The fourth-order valence-electron chi connectivity index (χ4n) is 3.52. The first-order valence-corrected chi connectivity index (χ1v) is 9.55. The van der Waals surface area contributed by atoms with E-state index >= 15 is 0 Å². The molecule has 0 spiro atoms. The molecule has 1 aliphatic carbocycles. The first-order valence-electron chi connectivity index (χ1n) is 9.55. The van der Waals surface area contributed by atoms with Gasteiger partial charge in [-0.15, -0.1) is 12.4 Å². The molecule has 5 rings (SSSR count). The molecular weight excluding hydrogens is 386 g/mol. The summed E-state index contributed by atoms with van der Waals surface area (Å²) in [6.07, 6.45) is 6.53. The smallest absolute Gasteiger partial charge is 0.230 e. The topological polar surface area (TPSA) is 64.2 Å². The number of hydrogen-bond donors (Lipinski definition) is 1. The van der Waals surface area contributed by atoms with Crippen LogP contribution in [-0.4, -0.2) is 25.1 Å². The number of benzene rings is 1. The molecule has 0 saturated heterocycles. The molecule has 148 valence electrons. The monoisotopic (exact) mass is 407 g/mol. The largest absolute Gasteiger partial charge is 0.326 e. The summed E-state index contributed by atoms with van der Waals surface area (Å²) < 4.78 is 3.94. The normalized spacial score (nSPS) is 13.3. The number of carbonyl (C=O) groups excluding carboxylic acids is 1. The number of carbonyl (C=O) groups is 1. The van der Waals surface area contributed by atoms with E-state index in [2.05, 4.69) is 21.5 Å². The highest BCUT2D eigenvalue weighted by Gasteiger charge is 2.28. The van der Waals surface area contributed by atoms with Gasteiger partial charge in [-0.25, -0.2) is 9.67 Å². The van der Waals surface area contributed by atoms with Crippen LogP contribution < -0.4 is 5.32 Å². The maximum Gasteiger partial charge on any atom is 0.230 e. The first-order chi connectivity index (χ1) is 13.7. The van der Waals surface area contributed by atoms with Crippen molar-refractivity contribution in [3.05, 3.63) is 78.0 Å². The first kappa shape index (κ1) is 19.2. The zero-order chi connectivity index (χ0) is 19.1. The van der Waals surface area contributed by atoms with Crippen LogP contribution >= 0.6 is 12.4 Å². The number of hydrogen-bond acceptors (Lipinski definition) is 3. The Balaban J connectivity index is 0.00000205. The third-order valence-electron chi connectivity index (χ3n) is 5.01. The maximum absolute atomic E-state index is 12.4. The summed E-state index contributed by atoms with van der Waals surface area (Å²) >= 11 is 0. The van der Waals surface area contributed by atoms with Crippen LogP contribution in [0, 0.1) is 6.92 Å². The second-order valence-corrected chi connectivity index (χ2v) is 7.37. The molecule has 0 bridgehead atoms.